The van der Waals surface area contributed by atoms with Gasteiger partial charge in [-0.25, -0.2) is 4.98 Å². The largest absolute Gasteiger partial charge is 0.327 e. The molecular formula is C23H20ClN3O. The molecule has 5 heteroatoms. The lowest BCUT2D eigenvalue weighted by atomic mass is 10.1. The van der Waals surface area contributed by atoms with E-state index in [9.17, 15) is 4.79 Å². The van der Waals surface area contributed by atoms with Gasteiger partial charge in [-0.1, -0.05) is 17.7 Å². The zero-order valence-electron chi connectivity index (χ0n) is 16.0. The lowest BCUT2D eigenvalue weighted by molar-refractivity contribution is 0.102. The van der Waals surface area contributed by atoms with Crippen LogP contribution in [0.15, 0.2) is 60.7 Å². The fourth-order valence-corrected chi connectivity index (χ4v) is 3.34. The maximum atomic E-state index is 12.7. The Balaban J connectivity index is 1.67. The third-order valence-electron chi connectivity index (χ3n) is 5.01. The lowest BCUT2D eigenvalue weighted by Crippen LogP contribution is -2.12. The average molecular weight is 390 g/mol. The number of nitrogens with zero attached hydrogens (tertiary/aromatic N) is 2. The van der Waals surface area contributed by atoms with Crippen LogP contribution in [-0.2, 0) is 7.05 Å². The predicted octanol–water partition coefficient (Wildman–Crippen LogP) is 5.76. The van der Waals surface area contributed by atoms with Crippen LogP contribution in [0.25, 0.3) is 22.4 Å². The average Bonchev–Trinajstić information content (AvgIpc) is 3.01. The van der Waals surface area contributed by atoms with Crippen LogP contribution in [0.5, 0.6) is 0 Å². The first kappa shape index (κ1) is 18.3. The molecule has 4 nitrogen and oxygen atoms in total. The van der Waals surface area contributed by atoms with Crippen LogP contribution < -0.4 is 5.32 Å². The number of benzene rings is 3. The van der Waals surface area contributed by atoms with E-state index in [2.05, 4.69) is 12.2 Å². The van der Waals surface area contributed by atoms with Gasteiger partial charge in [0.05, 0.1) is 11.0 Å². The van der Waals surface area contributed by atoms with Crippen molar-refractivity contribution >= 4 is 34.2 Å². The normalized spacial score (nSPS) is 11.0. The Labute approximate surface area is 168 Å². The van der Waals surface area contributed by atoms with E-state index in [0.29, 0.717) is 10.6 Å². The van der Waals surface area contributed by atoms with Gasteiger partial charge in [0.25, 0.3) is 5.91 Å². The van der Waals surface area contributed by atoms with Crippen LogP contribution in [0.4, 0.5) is 5.69 Å². The van der Waals surface area contributed by atoms with Crippen molar-refractivity contribution in [2.24, 2.45) is 7.05 Å². The fraction of sp³-hybridized carbons (Fsp3) is 0.130. The summed E-state index contributed by atoms with van der Waals surface area (Å²) in [5, 5.41) is 3.66. The second kappa shape index (κ2) is 7.13. The SMILES string of the molecule is Cc1ccc(NC(=O)c2ccc3nc(-c4ccc(Cl)cc4)n(C)c3c2)cc1C. The van der Waals surface area contributed by atoms with E-state index in [0.717, 1.165) is 33.7 Å². The number of carbonyl (C=O) groups is 1. The minimum atomic E-state index is -0.139. The number of fused-ring (bicyclic) bond motifs is 1. The van der Waals surface area contributed by atoms with E-state index < -0.39 is 0 Å². The highest BCUT2D eigenvalue weighted by atomic mass is 35.5. The van der Waals surface area contributed by atoms with Crippen molar-refractivity contribution in [3.05, 3.63) is 82.4 Å². The van der Waals surface area contributed by atoms with Crippen molar-refractivity contribution < 1.29 is 4.79 Å². The van der Waals surface area contributed by atoms with Gasteiger partial charge in [-0.05, 0) is 79.6 Å². The third kappa shape index (κ3) is 3.39. The molecule has 28 heavy (non-hydrogen) atoms. The summed E-state index contributed by atoms with van der Waals surface area (Å²) in [6.45, 7) is 4.08. The Bertz CT molecular complexity index is 1190. The van der Waals surface area contributed by atoms with Crippen molar-refractivity contribution in [3.63, 3.8) is 0 Å². The maximum absolute atomic E-state index is 12.7. The van der Waals surface area contributed by atoms with Gasteiger partial charge in [0.15, 0.2) is 0 Å². The van der Waals surface area contributed by atoms with E-state index in [1.165, 1.54) is 5.56 Å². The van der Waals surface area contributed by atoms with Crippen molar-refractivity contribution in [3.8, 4) is 11.4 Å². The van der Waals surface area contributed by atoms with Gasteiger partial charge in [-0.15, -0.1) is 0 Å². The summed E-state index contributed by atoms with van der Waals surface area (Å²) in [5.74, 6) is 0.692. The maximum Gasteiger partial charge on any atom is 0.255 e. The summed E-state index contributed by atoms with van der Waals surface area (Å²) in [6.07, 6.45) is 0. The van der Waals surface area contributed by atoms with Gasteiger partial charge < -0.3 is 9.88 Å². The molecule has 0 bridgehead atoms. The van der Waals surface area contributed by atoms with E-state index in [-0.39, 0.29) is 5.91 Å². The quantitative estimate of drug-likeness (QED) is 0.484. The smallest absolute Gasteiger partial charge is 0.255 e. The topological polar surface area (TPSA) is 46.9 Å². The summed E-state index contributed by atoms with van der Waals surface area (Å²) < 4.78 is 1.99. The Kier molecular flexibility index (Phi) is 4.65. The van der Waals surface area contributed by atoms with Gasteiger partial charge in [0, 0.05) is 28.9 Å². The molecule has 4 aromatic rings. The molecule has 4 rings (SSSR count). The van der Waals surface area contributed by atoms with E-state index in [1.807, 2.05) is 73.1 Å². The zero-order valence-corrected chi connectivity index (χ0v) is 16.7. The Morgan fingerprint density at radius 3 is 2.43 bits per heavy atom. The number of amides is 1. The highest BCUT2D eigenvalue weighted by Crippen LogP contribution is 2.26. The van der Waals surface area contributed by atoms with Gasteiger partial charge in [0.1, 0.15) is 5.82 Å². The Morgan fingerprint density at radius 1 is 0.964 bits per heavy atom. The second-order valence-corrected chi connectivity index (χ2v) is 7.39. The first-order valence-corrected chi connectivity index (χ1v) is 9.41. The standard InChI is InChI=1S/C23H20ClN3O/c1-14-4-10-19(12-15(14)2)25-23(28)17-7-11-20-21(13-17)27(3)22(26-20)16-5-8-18(24)9-6-16/h4-13H,1-3H3,(H,25,28). The van der Waals surface area contributed by atoms with Gasteiger partial charge in [-0.3, -0.25) is 4.79 Å². The van der Waals surface area contributed by atoms with Crippen LogP contribution >= 0.6 is 11.6 Å². The van der Waals surface area contributed by atoms with Crippen molar-refractivity contribution in [1.82, 2.24) is 9.55 Å². The monoisotopic (exact) mass is 389 g/mol. The molecule has 0 fully saturated rings. The Morgan fingerprint density at radius 2 is 1.71 bits per heavy atom. The zero-order chi connectivity index (χ0) is 19.8. The molecule has 0 aliphatic carbocycles. The molecule has 1 heterocycles. The molecule has 1 aromatic heterocycles. The van der Waals surface area contributed by atoms with Crippen molar-refractivity contribution in [1.29, 1.82) is 0 Å². The van der Waals surface area contributed by atoms with Crippen LogP contribution in [0.3, 0.4) is 0 Å². The number of anilines is 1. The van der Waals surface area contributed by atoms with Crippen molar-refractivity contribution in [2.45, 2.75) is 13.8 Å². The first-order chi connectivity index (χ1) is 13.4. The van der Waals surface area contributed by atoms with Crippen LogP contribution in [0.2, 0.25) is 5.02 Å². The highest BCUT2D eigenvalue weighted by Gasteiger charge is 2.13. The number of nitrogens with one attached hydrogen (secondary N) is 1. The third-order valence-corrected chi connectivity index (χ3v) is 5.26. The summed E-state index contributed by atoms with van der Waals surface area (Å²) in [7, 11) is 1.95. The molecule has 0 radical (unpaired) electrons. The van der Waals surface area contributed by atoms with E-state index in [1.54, 1.807) is 6.07 Å². The molecule has 0 atom stereocenters. The number of carbonyl (C=O) groups excluding carboxylic acids is 1. The van der Waals surface area contributed by atoms with Crippen molar-refractivity contribution in [2.75, 3.05) is 5.32 Å². The molecule has 0 saturated carbocycles. The van der Waals surface area contributed by atoms with Crippen LogP contribution in [0.1, 0.15) is 21.5 Å². The highest BCUT2D eigenvalue weighted by molar-refractivity contribution is 6.30. The summed E-state index contributed by atoms with van der Waals surface area (Å²) in [5.41, 5.74) is 6.45. The molecule has 1 N–H and O–H groups in total. The summed E-state index contributed by atoms with van der Waals surface area (Å²) >= 11 is 5.99. The molecule has 0 saturated heterocycles. The van der Waals surface area contributed by atoms with Crippen LogP contribution in [0, 0.1) is 13.8 Å². The minimum Gasteiger partial charge on any atom is -0.327 e. The number of aryl methyl sites for hydroxylation is 3. The summed E-state index contributed by atoms with van der Waals surface area (Å²) in [4.78, 5) is 17.4. The van der Waals surface area contributed by atoms with Gasteiger partial charge >= 0.3 is 0 Å². The number of hydrogen-bond acceptors (Lipinski definition) is 2. The second-order valence-electron chi connectivity index (χ2n) is 6.96. The number of halogens is 1. The number of rotatable bonds is 3. The molecule has 0 aliphatic rings. The van der Waals surface area contributed by atoms with Gasteiger partial charge in [0.2, 0.25) is 0 Å². The predicted molar refractivity (Wildman–Crippen MR) is 115 cm³/mol. The molecule has 0 spiro atoms. The Hall–Kier alpha value is -3.11. The van der Waals surface area contributed by atoms with E-state index >= 15 is 0 Å². The van der Waals surface area contributed by atoms with Gasteiger partial charge in [-0.2, -0.15) is 0 Å². The molecule has 1 amide bonds. The number of aromatic nitrogens is 2. The first-order valence-electron chi connectivity index (χ1n) is 9.03. The number of imidazole rings is 1. The molecular weight excluding hydrogens is 370 g/mol. The van der Waals surface area contributed by atoms with Crippen LogP contribution in [-0.4, -0.2) is 15.5 Å². The molecule has 3 aromatic carbocycles. The molecule has 0 unspecified atom stereocenters. The fourth-order valence-electron chi connectivity index (χ4n) is 3.21. The minimum absolute atomic E-state index is 0.139. The summed E-state index contributed by atoms with van der Waals surface area (Å²) in [6, 6.07) is 19.0. The lowest BCUT2D eigenvalue weighted by Gasteiger charge is -2.08. The van der Waals surface area contributed by atoms with E-state index in [4.69, 9.17) is 16.6 Å². The number of hydrogen-bond donors (Lipinski definition) is 1. The molecule has 140 valence electrons. The molecule has 0 aliphatic heterocycles.